The van der Waals surface area contributed by atoms with Crippen LogP contribution in [0.25, 0.3) is 10.8 Å². The molecule has 0 aliphatic rings. The molecule has 204 valence electrons. The Balaban J connectivity index is 0.00000441. The van der Waals surface area contributed by atoms with Crippen molar-refractivity contribution in [3.63, 3.8) is 0 Å². The molecule has 0 radical (unpaired) electrons. The largest absolute Gasteiger partial charge is 1.00 e. The van der Waals surface area contributed by atoms with E-state index in [0.29, 0.717) is 0 Å². The summed E-state index contributed by atoms with van der Waals surface area (Å²) < 4.78 is 101. The predicted octanol–water partition coefficient (Wildman–Crippen LogP) is 1.59. The first kappa shape index (κ1) is 31.5. The Morgan fingerprint density at radius 1 is 1.02 bits per heavy atom. The second kappa shape index (κ2) is 11.8. The molecule has 0 atom stereocenters. The maximum absolute atomic E-state index is 13.6. The zero-order valence-electron chi connectivity index (χ0n) is 20.1. The van der Waals surface area contributed by atoms with Crippen molar-refractivity contribution in [3.05, 3.63) is 59.5 Å². The average molecular weight is 624 g/mol. The number of phenolic OH excluding ortho intramolecular Hbond substituents is 1. The van der Waals surface area contributed by atoms with E-state index in [0.717, 1.165) is 18.2 Å². The third kappa shape index (κ3) is 6.64. The van der Waals surface area contributed by atoms with Gasteiger partial charge < -0.3 is 19.7 Å². The number of aromatic hydroxyl groups is 1. The second-order valence-electron chi connectivity index (χ2n) is 7.54. The SMILES string of the molecule is COc1ccc(N=Nc2c(S(=O)(=O)[O-])cc3cc(Nc4nc(F)nc(F)c4Cl)ccc3c2O)c(S(=O)(=O)O)c1.[Na+]. The molecule has 3 aromatic carbocycles. The zero-order valence-corrected chi connectivity index (χ0v) is 24.5. The summed E-state index contributed by atoms with van der Waals surface area (Å²) in [6.45, 7) is 0. The first-order chi connectivity index (χ1) is 18.2. The van der Waals surface area contributed by atoms with E-state index in [1.165, 1.54) is 31.4 Å². The number of fused-ring (bicyclic) bond motifs is 1. The topological polar surface area (TPSA) is 204 Å². The van der Waals surface area contributed by atoms with Gasteiger partial charge in [0.05, 0.1) is 12.0 Å². The number of hydrogen-bond donors (Lipinski definition) is 3. The number of hydrogen-bond acceptors (Lipinski definition) is 12. The molecule has 0 saturated carbocycles. The fraction of sp³-hybridized carbons (Fsp3) is 0.0476. The fourth-order valence-electron chi connectivity index (χ4n) is 3.34. The van der Waals surface area contributed by atoms with Crippen LogP contribution in [0.3, 0.4) is 0 Å². The van der Waals surface area contributed by atoms with E-state index in [2.05, 4.69) is 25.5 Å². The summed E-state index contributed by atoms with van der Waals surface area (Å²) in [6.07, 6.45) is -1.42. The monoisotopic (exact) mass is 623 g/mol. The van der Waals surface area contributed by atoms with Crippen LogP contribution < -0.4 is 39.6 Å². The first-order valence-electron chi connectivity index (χ1n) is 10.2. The van der Waals surface area contributed by atoms with Crippen LogP contribution in [0.15, 0.2) is 62.5 Å². The summed E-state index contributed by atoms with van der Waals surface area (Å²) in [5, 5.41) is 19.8. The molecule has 0 bridgehead atoms. The summed E-state index contributed by atoms with van der Waals surface area (Å²) in [7, 11) is -8.91. The van der Waals surface area contributed by atoms with Gasteiger partial charge in [0.1, 0.15) is 37.2 Å². The second-order valence-corrected chi connectivity index (χ2v) is 10.7. The van der Waals surface area contributed by atoms with Crippen LogP contribution in [0.2, 0.25) is 5.02 Å². The van der Waals surface area contributed by atoms with Crippen molar-refractivity contribution >= 4 is 65.5 Å². The standard InChI is InChI=1S/C21H14ClF2N5O8S2.Na/c1-37-11-3-5-13(14(8-11)38(31,32)33)28-29-17-15(39(34,35)36)7-9-6-10(2-4-12(9)18(17)30)25-20-16(22)19(23)26-21(24)27-20;/h2-8,30H,1H3,(H,25,26,27)(H,31,32,33)(H,34,35,36);/q;+1/p-1. The number of rotatable bonds is 7. The van der Waals surface area contributed by atoms with Crippen LogP contribution in [-0.4, -0.2) is 48.1 Å². The van der Waals surface area contributed by atoms with Gasteiger partial charge in [-0.15, -0.1) is 10.2 Å². The van der Waals surface area contributed by atoms with Crippen molar-refractivity contribution in [2.45, 2.75) is 9.79 Å². The Morgan fingerprint density at radius 2 is 1.73 bits per heavy atom. The molecule has 13 nitrogen and oxygen atoms in total. The van der Waals surface area contributed by atoms with E-state index in [4.69, 9.17) is 16.3 Å². The van der Waals surface area contributed by atoms with E-state index in [-0.39, 0.29) is 51.8 Å². The maximum Gasteiger partial charge on any atom is 1.00 e. The summed E-state index contributed by atoms with van der Waals surface area (Å²) >= 11 is 5.73. The molecule has 4 aromatic rings. The predicted molar refractivity (Wildman–Crippen MR) is 131 cm³/mol. The number of nitrogens with zero attached hydrogens (tertiary/aromatic N) is 4. The van der Waals surface area contributed by atoms with Gasteiger partial charge in [0.25, 0.3) is 10.1 Å². The van der Waals surface area contributed by atoms with Crippen molar-refractivity contribution in [1.82, 2.24) is 9.97 Å². The molecule has 3 N–H and O–H groups in total. The zero-order chi connectivity index (χ0) is 28.7. The molecular weight excluding hydrogens is 611 g/mol. The number of benzene rings is 3. The number of nitrogens with one attached hydrogen (secondary N) is 1. The number of methoxy groups -OCH3 is 1. The van der Waals surface area contributed by atoms with Gasteiger partial charge in [-0.25, -0.2) is 8.42 Å². The Morgan fingerprint density at radius 3 is 2.35 bits per heavy atom. The summed E-state index contributed by atoms with van der Waals surface area (Å²) in [5.74, 6) is -2.58. The molecule has 40 heavy (non-hydrogen) atoms. The van der Waals surface area contributed by atoms with E-state index >= 15 is 0 Å². The van der Waals surface area contributed by atoms with Crippen molar-refractivity contribution in [1.29, 1.82) is 0 Å². The Bertz CT molecular complexity index is 1900. The van der Waals surface area contributed by atoms with Crippen LogP contribution in [0.1, 0.15) is 0 Å². The van der Waals surface area contributed by atoms with Crippen molar-refractivity contribution in [3.8, 4) is 11.5 Å². The molecule has 4 rings (SSSR count). The molecule has 0 unspecified atom stereocenters. The van der Waals surface area contributed by atoms with Crippen LogP contribution >= 0.6 is 11.6 Å². The molecular formula is C21H13ClF2N5NaO8S2. The minimum atomic E-state index is -5.30. The number of ether oxygens (including phenoxy) is 1. The van der Waals surface area contributed by atoms with Crippen LogP contribution in [-0.2, 0) is 20.2 Å². The smallest absolute Gasteiger partial charge is 0.744 e. The molecule has 0 saturated heterocycles. The van der Waals surface area contributed by atoms with E-state index < -0.39 is 70.0 Å². The third-order valence-electron chi connectivity index (χ3n) is 5.07. The van der Waals surface area contributed by atoms with Gasteiger partial charge >= 0.3 is 35.6 Å². The molecule has 1 heterocycles. The summed E-state index contributed by atoms with van der Waals surface area (Å²) in [5.41, 5.74) is -1.22. The normalized spacial score (nSPS) is 11.9. The molecule has 0 aliphatic carbocycles. The van der Waals surface area contributed by atoms with Gasteiger partial charge in [0, 0.05) is 17.1 Å². The molecule has 0 amide bonds. The fourth-order valence-corrected chi connectivity index (χ4v) is 4.76. The van der Waals surface area contributed by atoms with Gasteiger partial charge in [0.2, 0.25) is 5.95 Å². The van der Waals surface area contributed by atoms with Gasteiger partial charge in [-0.1, -0.05) is 11.6 Å². The molecule has 19 heteroatoms. The molecule has 0 spiro atoms. The molecule has 1 aromatic heterocycles. The molecule has 0 fully saturated rings. The number of aromatic nitrogens is 2. The Hall–Kier alpha value is -3.03. The Labute approximate surface area is 251 Å². The van der Waals surface area contributed by atoms with Crippen molar-refractivity contribution < 1.29 is 74.1 Å². The van der Waals surface area contributed by atoms with E-state index in [1.54, 1.807) is 0 Å². The summed E-state index contributed by atoms with van der Waals surface area (Å²) in [6, 6.07) is 7.86. The number of anilines is 2. The first-order valence-corrected chi connectivity index (χ1v) is 13.4. The van der Waals surface area contributed by atoms with Gasteiger partial charge in [-0.05, 0) is 41.8 Å². The van der Waals surface area contributed by atoms with Crippen molar-refractivity contribution in [2.24, 2.45) is 10.2 Å². The summed E-state index contributed by atoms with van der Waals surface area (Å²) in [4.78, 5) is 4.38. The van der Waals surface area contributed by atoms with E-state index in [9.17, 15) is 39.8 Å². The van der Waals surface area contributed by atoms with Gasteiger partial charge in [-0.2, -0.15) is 27.2 Å². The van der Waals surface area contributed by atoms with Gasteiger partial charge in [0.15, 0.2) is 11.6 Å². The minimum Gasteiger partial charge on any atom is -0.744 e. The van der Waals surface area contributed by atoms with E-state index in [1.807, 2.05) is 0 Å². The quantitative estimate of drug-likeness (QED) is 0.0886. The van der Waals surface area contributed by atoms with Gasteiger partial charge in [-0.3, -0.25) is 4.55 Å². The number of phenols is 1. The van der Waals surface area contributed by atoms with Crippen LogP contribution in [0, 0.1) is 12.0 Å². The average Bonchev–Trinajstić information content (AvgIpc) is 2.85. The van der Waals surface area contributed by atoms with Crippen molar-refractivity contribution in [2.75, 3.05) is 12.4 Å². The number of azo groups is 1. The third-order valence-corrected chi connectivity index (χ3v) is 7.14. The maximum atomic E-state index is 13.6. The van der Waals surface area contributed by atoms with Crippen LogP contribution in [0.5, 0.6) is 11.5 Å². The minimum absolute atomic E-state index is 0. The number of halogens is 3. The van der Waals surface area contributed by atoms with Crippen LogP contribution in [0.4, 0.5) is 31.7 Å². The Kier molecular flexibility index (Phi) is 9.32. The molecule has 0 aliphatic heterocycles.